The lowest BCUT2D eigenvalue weighted by Crippen LogP contribution is -2.16. The van der Waals surface area contributed by atoms with Crippen LogP contribution < -0.4 is 11.1 Å². The maximum atomic E-state index is 11.7. The fraction of sp³-hybridized carbons (Fsp3) is 0.111. The van der Waals surface area contributed by atoms with Crippen LogP contribution in [0.5, 0.6) is 0 Å². The molecule has 2 aromatic heterocycles. The van der Waals surface area contributed by atoms with Crippen LogP contribution in [0.1, 0.15) is 10.4 Å². The number of anilines is 2. The number of hydrogen-bond donors (Lipinski definition) is 2. The zero-order valence-electron chi connectivity index (χ0n) is 8.58. The second-order valence-electron chi connectivity index (χ2n) is 3.15. The number of nitrogens with zero attached hydrogens (tertiary/aromatic N) is 4. The Bertz CT molecular complexity index is 486. The van der Waals surface area contributed by atoms with Gasteiger partial charge < -0.3 is 11.1 Å². The summed E-state index contributed by atoms with van der Waals surface area (Å²) < 4.78 is 1.48. The van der Waals surface area contributed by atoms with E-state index < -0.39 is 0 Å². The summed E-state index contributed by atoms with van der Waals surface area (Å²) in [4.78, 5) is 19.2. The van der Waals surface area contributed by atoms with Gasteiger partial charge in [-0.3, -0.25) is 9.48 Å². The zero-order valence-corrected chi connectivity index (χ0v) is 8.58. The zero-order chi connectivity index (χ0) is 11.5. The first-order chi connectivity index (χ1) is 7.68. The maximum Gasteiger partial charge on any atom is 0.260 e. The van der Waals surface area contributed by atoms with Crippen molar-refractivity contribution in [2.45, 2.75) is 0 Å². The molecule has 0 aliphatic carbocycles. The van der Waals surface area contributed by atoms with Crippen LogP contribution in [0.15, 0.2) is 24.9 Å². The fourth-order valence-electron chi connectivity index (χ4n) is 1.20. The average Bonchev–Trinajstić information content (AvgIpc) is 2.62. The maximum absolute atomic E-state index is 11.7. The van der Waals surface area contributed by atoms with Gasteiger partial charge >= 0.3 is 0 Å². The number of hydrogen-bond acceptors (Lipinski definition) is 5. The Morgan fingerprint density at radius 2 is 2.06 bits per heavy atom. The quantitative estimate of drug-likeness (QED) is 0.741. The number of aryl methyl sites for hydroxylation is 1. The summed E-state index contributed by atoms with van der Waals surface area (Å²) in [6, 6.07) is 0. The molecular weight excluding hydrogens is 208 g/mol. The van der Waals surface area contributed by atoms with E-state index in [0.717, 1.165) is 0 Å². The van der Waals surface area contributed by atoms with Crippen molar-refractivity contribution < 1.29 is 4.79 Å². The van der Waals surface area contributed by atoms with Crippen molar-refractivity contribution in [3.05, 3.63) is 30.5 Å². The molecule has 0 spiro atoms. The number of carbonyl (C=O) groups excluding carboxylic acids is 1. The second kappa shape index (κ2) is 3.97. The van der Waals surface area contributed by atoms with Gasteiger partial charge in [0.1, 0.15) is 6.33 Å². The molecular formula is C9H10N6O. The van der Waals surface area contributed by atoms with Crippen LogP contribution in [-0.4, -0.2) is 25.7 Å². The van der Waals surface area contributed by atoms with E-state index in [-0.39, 0.29) is 5.91 Å². The largest absolute Gasteiger partial charge is 0.394 e. The molecule has 3 N–H and O–H groups in total. The molecule has 0 fully saturated rings. The Balaban J connectivity index is 2.21. The molecule has 0 saturated carbocycles. The summed E-state index contributed by atoms with van der Waals surface area (Å²) in [6.07, 6.45) is 5.68. The lowest BCUT2D eigenvalue weighted by molar-refractivity contribution is 0.102. The van der Waals surface area contributed by atoms with Gasteiger partial charge in [0.05, 0.1) is 17.4 Å². The highest BCUT2D eigenvalue weighted by molar-refractivity contribution is 6.04. The van der Waals surface area contributed by atoms with E-state index in [4.69, 9.17) is 5.73 Å². The third kappa shape index (κ3) is 1.83. The predicted octanol–water partition coefficient (Wildman–Crippen LogP) is 0.0446. The van der Waals surface area contributed by atoms with Gasteiger partial charge in [-0.25, -0.2) is 9.97 Å². The third-order valence-corrected chi connectivity index (χ3v) is 2.02. The minimum atomic E-state index is -0.323. The van der Waals surface area contributed by atoms with Crippen molar-refractivity contribution >= 4 is 17.4 Å². The number of aromatic nitrogens is 4. The Hall–Kier alpha value is -2.44. The Morgan fingerprint density at radius 1 is 1.38 bits per heavy atom. The monoisotopic (exact) mass is 218 g/mol. The van der Waals surface area contributed by atoms with Crippen LogP contribution in [0.4, 0.5) is 11.5 Å². The van der Waals surface area contributed by atoms with Crippen molar-refractivity contribution in [1.29, 1.82) is 0 Å². The number of nitrogens with one attached hydrogen (secondary N) is 1. The molecule has 0 unspecified atom stereocenters. The summed E-state index contributed by atoms with van der Waals surface area (Å²) in [5, 5.41) is 6.54. The molecule has 0 bridgehead atoms. The van der Waals surface area contributed by atoms with Crippen LogP contribution in [0.3, 0.4) is 0 Å². The summed E-state index contributed by atoms with van der Waals surface area (Å²) in [5.74, 6) is 0.129. The highest BCUT2D eigenvalue weighted by Crippen LogP contribution is 2.16. The number of amides is 1. The van der Waals surface area contributed by atoms with E-state index >= 15 is 0 Å². The summed E-state index contributed by atoms with van der Waals surface area (Å²) in [6.45, 7) is 0. The minimum Gasteiger partial charge on any atom is -0.394 e. The van der Waals surface area contributed by atoms with E-state index in [2.05, 4.69) is 20.4 Å². The lowest BCUT2D eigenvalue weighted by atomic mass is 10.3. The van der Waals surface area contributed by atoms with Crippen molar-refractivity contribution in [2.24, 2.45) is 7.05 Å². The highest BCUT2D eigenvalue weighted by Gasteiger charge is 2.11. The molecule has 1 amide bonds. The van der Waals surface area contributed by atoms with E-state index in [9.17, 15) is 4.79 Å². The van der Waals surface area contributed by atoms with Crippen LogP contribution in [-0.2, 0) is 7.05 Å². The molecule has 0 aromatic carbocycles. The third-order valence-electron chi connectivity index (χ3n) is 2.02. The molecule has 0 radical (unpaired) electrons. The van der Waals surface area contributed by atoms with Crippen molar-refractivity contribution in [1.82, 2.24) is 19.7 Å². The normalized spacial score (nSPS) is 10.1. The first kappa shape index (κ1) is 10.1. The second-order valence-corrected chi connectivity index (χ2v) is 3.15. The van der Waals surface area contributed by atoms with Gasteiger partial charge in [-0.2, -0.15) is 5.10 Å². The van der Waals surface area contributed by atoms with Crippen LogP contribution in [0.25, 0.3) is 0 Å². The molecule has 16 heavy (non-hydrogen) atoms. The van der Waals surface area contributed by atoms with E-state index in [1.54, 1.807) is 7.05 Å². The number of carbonyl (C=O) groups is 1. The van der Waals surface area contributed by atoms with E-state index in [1.165, 1.54) is 29.6 Å². The standard InChI is InChI=1S/C9H10N6O/c1-15-8(7(10)4-13-15)14-9(16)6-2-11-5-12-3-6/h2-5H,10H2,1H3,(H,14,16). The SMILES string of the molecule is Cn1ncc(N)c1NC(=O)c1cncnc1. The van der Waals surface area contributed by atoms with Crippen LogP contribution in [0.2, 0.25) is 0 Å². The molecule has 0 atom stereocenters. The Morgan fingerprint density at radius 3 is 2.62 bits per heavy atom. The minimum absolute atomic E-state index is 0.323. The predicted molar refractivity (Wildman–Crippen MR) is 57.6 cm³/mol. The molecule has 2 rings (SSSR count). The molecule has 7 nitrogen and oxygen atoms in total. The summed E-state index contributed by atoms with van der Waals surface area (Å²) in [5.41, 5.74) is 6.41. The summed E-state index contributed by atoms with van der Waals surface area (Å²) in [7, 11) is 1.69. The molecule has 2 aromatic rings. The van der Waals surface area contributed by atoms with Gasteiger partial charge in [0.15, 0.2) is 5.82 Å². The molecule has 2 heterocycles. The highest BCUT2D eigenvalue weighted by atomic mass is 16.1. The lowest BCUT2D eigenvalue weighted by Gasteiger charge is -2.05. The molecule has 7 heteroatoms. The first-order valence-electron chi connectivity index (χ1n) is 4.52. The van der Waals surface area contributed by atoms with Gasteiger partial charge in [-0.15, -0.1) is 0 Å². The Kier molecular flexibility index (Phi) is 2.50. The van der Waals surface area contributed by atoms with Crippen molar-refractivity contribution in [2.75, 3.05) is 11.1 Å². The average molecular weight is 218 g/mol. The Labute approximate surface area is 91.3 Å². The smallest absolute Gasteiger partial charge is 0.260 e. The molecule has 0 saturated heterocycles. The van der Waals surface area contributed by atoms with Crippen LogP contribution >= 0.6 is 0 Å². The van der Waals surface area contributed by atoms with Crippen LogP contribution in [0, 0.1) is 0 Å². The van der Waals surface area contributed by atoms with Crippen molar-refractivity contribution in [3.8, 4) is 0 Å². The van der Waals surface area contributed by atoms with E-state index in [0.29, 0.717) is 17.1 Å². The van der Waals surface area contributed by atoms with Gasteiger partial charge in [-0.05, 0) is 0 Å². The number of rotatable bonds is 2. The van der Waals surface area contributed by atoms with Crippen molar-refractivity contribution in [3.63, 3.8) is 0 Å². The molecule has 82 valence electrons. The topological polar surface area (TPSA) is 98.7 Å². The van der Waals surface area contributed by atoms with Gasteiger partial charge in [0.2, 0.25) is 0 Å². The van der Waals surface area contributed by atoms with Gasteiger partial charge in [0, 0.05) is 19.4 Å². The fourth-order valence-corrected chi connectivity index (χ4v) is 1.20. The van der Waals surface area contributed by atoms with E-state index in [1.807, 2.05) is 0 Å². The number of nitrogen functional groups attached to an aromatic ring is 1. The summed E-state index contributed by atoms with van der Waals surface area (Å²) >= 11 is 0. The van der Waals surface area contributed by atoms with Gasteiger partial charge in [-0.1, -0.05) is 0 Å². The number of nitrogens with two attached hydrogens (primary N) is 1. The molecule has 0 aliphatic rings. The van der Waals surface area contributed by atoms with Gasteiger partial charge in [0.25, 0.3) is 5.91 Å². The molecule has 0 aliphatic heterocycles. The first-order valence-corrected chi connectivity index (χ1v) is 4.52.